The van der Waals surface area contributed by atoms with Gasteiger partial charge < -0.3 is 9.47 Å². The Kier molecular flexibility index (Phi) is 3.88. The van der Waals surface area contributed by atoms with Crippen LogP contribution in [0.5, 0.6) is 5.88 Å². The van der Waals surface area contributed by atoms with E-state index in [9.17, 15) is 4.79 Å². The molecule has 0 aliphatic rings. The minimum atomic E-state index is -0.451. The molecule has 0 aliphatic carbocycles. The normalized spacial score (nSPS) is 9.64. The first-order chi connectivity index (χ1) is 6.69. The minimum absolute atomic E-state index is 0.286. The van der Waals surface area contributed by atoms with E-state index >= 15 is 0 Å². The van der Waals surface area contributed by atoms with Crippen molar-refractivity contribution >= 4 is 21.9 Å². The van der Waals surface area contributed by atoms with Crippen molar-refractivity contribution in [1.29, 1.82) is 0 Å². The Hall–Kier alpha value is -1.10. The topological polar surface area (TPSA) is 48.4 Å². The number of pyridine rings is 1. The Labute approximate surface area is 90.4 Å². The summed E-state index contributed by atoms with van der Waals surface area (Å²) in [5.41, 5.74) is 0.331. The van der Waals surface area contributed by atoms with Crippen LogP contribution in [0, 0.1) is 0 Å². The highest BCUT2D eigenvalue weighted by Gasteiger charge is 2.14. The standard InChI is InChI=1S/C9H10BrNO3/c1-3-14-8-6(9(12)13-2)4-5-7(10)11-8/h4-5H,3H2,1-2H3. The van der Waals surface area contributed by atoms with Crippen molar-refractivity contribution in [3.8, 4) is 5.88 Å². The second-order valence-electron chi connectivity index (χ2n) is 2.41. The molecule has 0 amide bonds. The molecule has 0 aliphatic heterocycles. The van der Waals surface area contributed by atoms with E-state index in [1.165, 1.54) is 7.11 Å². The van der Waals surface area contributed by atoms with E-state index in [-0.39, 0.29) is 5.88 Å². The van der Waals surface area contributed by atoms with E-state index in [4.69, 9.17) is 4.74 Å². The Balaban J connectivity index is 3.07. The van der Waals surface area contributed by atoms with Crippen LogP contribution in [-0.4, -0.2) is 24.7 Å². The first-order valence-corrected chi connectivity index (χ1v) is 4.86. The molecule has 0 N–H and O–H groups in total. The van der Waals surface area contributed by atoms with E-state index in [0.717, 1.165) is 0 Å². The van der Waals surface area contributed by atoms with Gasteiger partial charge in [-0.05, 0) is 35.0 Å². The van der Waals surface area contributed by atoms with Crippen LogP contribution in [-0.2, 0) is 4.74 Å². The molecule has 0 radical (unpaired) electrons. The molecule has 1 heterocycles. The van der Waals surface area contributed by atoms with E-state index in [2.05, 4.69) is 25.7 Å². The van der Waals surface area contributed by atoms with Crippen LogP contribution < -0.4 is 4.74 Å². The number of hydrogen-bond acceptors (Lipinski definition) is 4. The average molecular weight is 260 g/mol. The van der Waals surface area contributed by atoms with Crippen LogP contribution in [0.2, 0.25) is 0 Å². The number of rotatable bonds is 3. The van der Waals surface area contributed by atoms with Crippen molar-refractivity contribution in [1.82, 2.24) is 4.98 Å². The number of aromatic nitrogens is 1. The van der Waals surface area contributed by atoms with E-state index in [1.54, 1.807) is 12.1 Å². The molecule has 0 saturated heterocycles. The predicted molar refractivity (Wildman–Crippen MR) is 54.4 cm³/mol. The third-order valence-corrected chi connectivity index (χ3v) is 1.95. The second-order valence-corrected chi connectivity index (χ2v) is 3.22. The molecule has 4 nitrogen and oxygen atoms in total. The Bertz CT molecular complexity index is 341. The zero-order chi connectivity index (χ0) is 10.6. The van der Waals surface area contributed by atoms with Crippen molar-refractivity contribution in [3.63, 3.8) is 0 Å². The molecule has 5 heteroatoms. The van der Waals surface area contributed by atoms with Gasteiger partial charge in [-0.2, -0.15) is 0 Å². The molecule has 0 fully saturated rings. The van der Waals surface area contributed by atoms with Crippen molar-refractivity contribution in [2.24, 2.45) is 0 Å². The maximum absolute atomic E-state index is 11.3. The quantitative estimate of drug-likeness (QED) is 0.616. The van der Waals surface area contributed by atoms with Crippen molar-refractivity contribution in [2.45, 2.75) is 6.92 Å². The van der Waals surface area contributed by atoms with Gasteiger partial charge in [-0.25, -0.2) is 9.78 Å². The molecule has 1 aromatic rings. The fraction of sp³-hybridized carbons (Fsp3) is 0.333. The van der Waals surface area contributed by atoms with Gasteiger partial charge in [0, 0.05) is 0 Å². The maximum atomic E-state index is 11.3. The lowest BCUT2D eigenvalue weighted by Crippen LogP contribution is -2.07. The van der Waals surface area contributed by atoms with Crippen LogP contribution in [0.4, 0.5) is 0 Å². The summed E-state index contributed by atoms with van der Waals surface area (Å²) >= 11 is 3.19. The fourth-order valence-corrected chi connectivity index (χ4v) is 1.22. The van der Waals surface area contributed by atoms with Crippen LogP contribution in [0.25, 0.3) is 0 Å². The molecular formula is C9H10BrNO3. The highest BCUT2D eigenvalue weighted by atomic mass is 79.9. The van der Waals surface area contributed by atoms with Crippen LogP contribution >= 0.6 is 15.9 Å². The lowest BCUT2D eigenvalue weighted by molar-refractivity contribution is 0.0595. The molecule has 0 unspecified atom stereocenters. The number of carbonyl (C=O) groups is 1. The Morgan fingerprint density at radius 3 is 2.86 bits per heavy atom. The number of methoxy groups -OCH3 is 1. The number of carbonyl (C=O) groups excluding carboxylic acids is 1. The lowest BCUT2D eigenvalue weighted by Gasteiger charge is -2.07. The van der Waals surface area contributed by atoms with Gasteiger partial charge in [0.1, 0.15) is 10.2 Å². The van der Waals surface area contributed by atoms with Gasteiger partial charge in [0.05, 0.1) is 13.7 Å². The summed E-state index contributed by atoms with van der Waals surface area (Å²) in [5, 5.41) is 0. The van der Waals surface area contributed by atoms with E-state index in [1.807, 2.05) is 6.92 Å². The number of nitrogens with zero attached hydrogens (tertiary/aromatic N) is 1. The molecule has 0 bridgehead atoms. The molecule has 76 valence electrons. The van der Waals surface area contributed by atoms with Gasteiger partial charge in [0.2, 0.25) is 5.88 Å². The summed E-state index contributed by atoms with van der Waals surface area (Å²) in [6.07, 6.45) is 0. The second kappa shape index (κ2) is 4.95. The van der Waals surface area contributed by atoms with Crippen LogP contribution in [0.15, 0.2) is 16.7 Å². The van der Waals surface area contributed by atoms with E-state index < -0.39 is 5.97 Å². The largest absolute Gasteiger partial charge is 0.477 e. The van der Waals surface area contributed by atoms with Crippen molar-refractivity contribution in [2.75, 3.05) is 13.7 Å². The van der Waals surface area contributed by atoms with Gasteiger partial charge in [0.15, 0.2) is 0 Å². The zero-order valence-electron chi connectivity index (χ0n) is 7.91. The van der Waals surface area contributed by atoms with E-state index in [0.29, 0.717) is 16.8 Å². The first kappa shape index (κ1) is 11.0. The third kappa shape index (κ3) is 2.45. The molecule has 0 spiro atoms. The van der Waals surface area contributed by atoms with Gasteiger partial charge in [-0.1, -0.05) is 0 Å². The number of ether oxygens (including phenoxy) is 2. The summed E-state index contributed by atoms with van der Waals surface area (Å²) in [4.78, 5) is 15.3. The molecule has 14 heavy (non-hydrogen) atoms. The summed E-state index contributed by atoms with van der Waals surface area (Å²) in [6.45, 7) is 2.27. The smallest absolute Gasteiger partial charge is 0.343 e. The third-order valence-electron chi connectivity index (χ3n) is 1.51. The van der Waals surface area contributed by atoms with Crippen molar-refractivity contribution in [3.05, 3.63) is 22.3 Å². The highest BCUT2D eigenvalue weighted by molar-refractivity contribution is 9.10. The van der Waals surface area contributed by atoms with Crippen LogP contribution in [0.1, 0.15) is 17.3 Å². The first-order valence-electron chi connectivity index (χ1n) is 4.06. The zero-order valence-corrected chi connectivity index (χ0v) is 9.50. The Morgan fingerprint density at radius 1 is 1.57 bits per heavy atom. The predicted octanol–water partition coefficient (Wildman–Crippen LogP) is 2.03. The molecule has 1 aromatic heterocycles. The number of halogens is 1. The number of hydrogen-bond donors (Lipinski definition) is 0. The summed E-state index contributed by atoms with van der Waals surface area (Å²) in [6, 6.07) is 3.27. The summed E-state index contributed by atoms with van der Waals surface area (Å²) < 4.78 is 10.4. The maximum Gasteiger partial charge on any atom is 0.343 e. The summed E-state index contributed by atoms with van der Waals surface area (Å²) in [5.74, 6) is -0.165. The number of esters is 1. The average Bonchev–Trinajstić information content (AvgIpc) is 2.17. The van der Waals surface area contributed by atoms with Gasteiger partial charge in [0.25, 0.3) is 0 Å². The molecular weight excluding hydrogens is 250 g/mol. The fourth-order valence-electron chi connectivity index (χ4n) is 0.930. The molecule has 0 aromatic carbocycles. The Morgan fingerprint density at radius 2 is 2.29 bits per heavy atom. The molecule has 0 saturated carbocycles. The highest BCUT2D eigenvalue weighted by Crippen LogP contribution is 2.19. The molecule has 0 atom stereocenters. The SMILES string of the molecule is CCOc1nc(Br)ccc1C(=O)OC. The van der Waals surface area contributed by atoms with Crippen LogP contribution in [0.3, 0.4) is 0 Å². The summed E-state index contributed by atoms with van der Waals surface area (Å²) in [7, 11) is 1.32. The molecule has 1 rings (SSSR count). The minimum Gasteiger partial charge on any atom is -0.477 e. The lowest BCUT2D eigenvalue weighted by atomic mass is 10.3. The van der Waals surface area contributed by atoms with Gasteiger partial charge >= 0.3 is 5.97 Å². The van der Waals surface area contributed by atoms with Gasteiger partial charge in [-0.3, -0.25) is 0 Å². The van der Waals surface area contributed by atoms with Gasteiger partial charge in [-0.15, -0.1) is 0 Å². The van der Waals surface area contributed by atoms with Crippen molar-refractivity contribution < 1.29 is 14.3 Å². The monoisotopic (exact) mass is 259 g/mol.